The lowest BCUT2D eigenvalue weighted by atomic mass is 10.1. The van der Waals surface area contributed by atoms with Crippen LogP contribution in [0, 0.1) is 0 Å². The van der Waals surface area contributed by atoms with Crippen LogP contribution in [-0.4, -0.2) is 42.0 Å². The summed E-state index contributed by atoms with van der Waals surface area (Å²) in [5.41, 5.74) is 2.63. The molecule has 4 nitrogen and oxygen atoms in total. The third-order valence-electron chi connectivity index (χ3n) is 4.28. The van der Waals surface area contributed by atoms with Gasteiger partial charge in [0, 0.05) is 43.3 Å². The van der Waals surface area contributed by atoms with E-state index in [0.717, 1.165) is 45.0 Å². The van der Waals surface area contributed by atoms with Gasteiger partial charge in [-0.2, -0.15) is 0 Å². The zero-order chi connectivity index (χ0) is 15.2. The molecule has 0 amide bonds. The Morgan fingerprint density at radius 3 is 2.91 bits per heavy atom. The Labute approximate surface area is 132 Å². The Bertz CT molecular complexity index is 623. The average Bonchev–Trinajstić information content (AvgIpc) is 3.20. The van der Waals surface area contributed by atoms with Crippen molar-refractivity contribution in [1.29, 1.82) is 0 Å². The van der Waals surface area contributed by atoms with Crippen molar-refractivity contribution in [3.05, 3.63) is 36.0 Å². The van der Waals surface area contributed by atoms with Crippen LogP contribution < -0.4 is 5.32 Å². The van der Waals surface area contributed by atoms with Gasteiger partial charge < -0.3 is 15.2 Å². The molecule has 2 aromatic rings. The van der Waals surface area contributed by atoms with Gasteiger partial charge in [0.15, 0.2) is 5.96 Å². The van der Waals surface area contributed by atoms with Gasteiger partial charge in [0.05, 0.1) is 0 Å². The minimum atomic E-state index is 0.887. The fourth-order valence-corrected chi connectivity index (χ4v) is 3.15. The van der Waals surface area contributed by atoms with Crippen LogP contribution in [0.1, 0.15) is 31.7 Å². The number of para-hydroxylation sites is 1. The number of nitrogens with zero attached hydrogens (tertiary/aromatic N) is 2. The van der Waals surface area contributed by atoms with E-state index in [1.807, 2.05) is 0 Å². The zero-order valence-electron chi connectivity index (χ0n) is 13.4. The van der Waals surface area contributed by atoms with Crippen molar-refractivity contribution in [1.82, 2.24) is 15.2 Å². The molecule has 4 heteroatoms. The lowest BCUT2D eigenvalue weighted by molar-refractivity contribution is 0.493. The van der Waals surface area contributed by atoms with Gasteiger partial charge in [0.1, 0.15) is 0 Å². The quantitative estimate of drug-likeness (QED) is 0.506. The lowest BCUT2D eigenvalue weighted by Gasteiger charge is -2.20. The summed E-state index contributed by atoms with van der Waals surface area (Å²) in [6, 6.07) is 8.51. The summed E-state index contributed by atoms with van der Waals surface area (Å²) in [5.74, 6) is 1.10. The summed E-state index contributed by atoms with van der Waals surface area (Å²) in [4.78, 5) is 10.5. The van der Waals surface area contributed by atoms with Crippen molar-refractivity contribution < 1.29 is 0 Å². The monoisotopic (exact) mass is 298 g/mol. The first-order chi connectivity index (χ1) is 10.9. The summed E-state index contributed by atoms with van der Waals surface area (Å²) >= 11 is 0. The van der Waals surface area contributed by atoms with E-state index >= 15 is 0 Å². The molecule has 0 saturated carbocycles. The summed E-state index contributed by atoms with van der Waals surface area (Å²) in [6.45, 7) is 6.26. The zero-order valence-corrected chi connectivity index (χ0v) is 13.4. The molecule has 1 saturated heterocycles. The molecule has 2 heterocycles. The van der Waals surface area contributed by atoms with E-state index in [1.54, 1.807) is 0 Å². The second-order valence-corrected chi connectivity index (χ2v) is 5.89. The van der Waals surface area contributed by atoms with Crippen LogP contribution >= 0.6 is 0 Å². The average molecular weight is 298 g/mol. The number of fused-ring (bicyclic) bond motifs is 1. The van der Waals surface area contributed by atoms with Crippen LogP contribution in [0.3, 0.4) is 0 Å². The van der Waals surface area contributed by atoms with Crippen LogP contribution in [0.25, 0.3) is 10.9 Å². The van der Waals surface area contributed by atoms with Crippen LogP contribution in [0.4, 0.5) is 0 Å². The van der Waals surface area contributed by atoms with Crippen molar-refractivity contribution in [3.8, 4) is 0 Å². The van der Waals surface area contributed by atoms with Gasteiger partial charge in [-0.25, -0.2) is 0 Å². The molecule has 0 bridgehead atoms. The van der Waals surface area contributed by atoms with E-state index in [-0.39, 0.29) is 0 Å². The van der Waals surface area contributed by atoms with Crippen LogP contribution in [0.15, 0.2) is 35.5 Å². The Morgan fingerprint density at radius 2 is 2.09 bits per heavy atom. The van der Waals surface area contributed by atoms with E-state index in [4.69, 9.17) is 4.99 Å². The topological polar surface area (TPSA) is 43.4 Å². The Morgan fingerprint density at radius 1 is 1.27 bits per heavy atom. The number of H-pyrrole nitrogens is 1. The number of aromatic nitrogens is 1. The van der Waals surface area contributed by atoms with Crippen molar-refractivity contribution in [2.75, 3.05) is 26.2 Å². The van der Waals surface area contributed by atoms with Crippen molar-refractivity contribution in [2.45, 2.75) is 32.6 Å². The van der Waals surface area contributed by atoms with Crippen LogP contribution in [-0.2, 0) is 6.42 Å². The molecule has 1 aromatic carbocycles. The first-order valence-corrected chi connectivity index (χ1v) is 8.46. The fraction of sp³-hybridized carbons (Fsp3) is 0.500. The molecule has 3 rings (SSSR count). The van der Waals surface area contributed by atoms with E-state index in [0.29, 0.717) is 0 Å². The number of likely N-dealkylation sites (tertiary alicyclic amines) is 1. The molecular formula is C18H26N4. The highest BCUT2D eigenvalue weighted by molar-refractivity contribution is 5.83. The highest BCUT2D eigenvalue weighted by atomic mass is 15.3. The number of aromatic amines is 1. The molecular weight excluding hydrogens is 272 g/mol. The Hall–Kier alpha value is -1.97. The van der Waals surface area contributed by atoms with Gasteiger partial charge in [0.25, 0.3) is 0 Å². The van der Waals surface area contributed by atoms with Gasteiger partial charge in [-0.15, -0.1) is 0 Å². The van der Waals surface area contributed by atoms with Gasteiger partial charge in [-0.1, -0.05) is 18.2 Å². The minimum Gasteiger partial charge on any atom is -0.361 e. The maximum absolute atomic E-state index is 4.80. The molecule has 0 atom stereocenters. The number of aryl methyl sites for hydroxylation is 1. The minimum absolute atomic E-state index is 0.887. The Balaban J connectivity index is 1.56. The normalized spacial score (nSPS) is 15.7. The molecule has 0 radical (unpaired) electrons. The third-order valence-corrected chi connectivity index (χ3v) is 4.28. The summed E-state index contributed by atoms with van der Waals surface area (Å²) in [7, 11) is 0. The standard InChI is InChI=1S/C18H26N4/c1-2-19-18(22-12-5-6-13-22)20-11-7-8-15-14-21-17-10-4-3-9-16(15)17/h3-4,9-10,14,21H,2,5-8,11-13H2,1H3,(H,19,20). The van der Waals surface area contributed by atoms with Gasteiger partial charge in [-0.05, 0) is 44.2 Å². The van der Waals surface area contributed by atoms with Crippen molar-refractivity contribution in [3.63, 3.8) is 0 Å². The Kier molecular flexibility index (Phi) is 4.99. The van der Waals surface area contributed by atoms with Gasteiger partial charge >= 0.3 is 0 Å². The number of rotatable bonds is 5. The second kappa shape index (κ2) is 7.34. The highest BCUT2D eigenvalue weighted by Crippen LogP contribution is 2.18. The number of hydrogen-bond acceptors (Lipinski definition) is 1. The molecule has 2 N–H and O–H groups in total. The summed E-state index contributed by atoms with van der Waals surface area (Å²) in [5, 5.41) is 4.76. The molecule has 1 aromatic heterocycles. The number of guanidine groups is 1. The van der Waals surface area contributed by atoms with E-state index in [9.17, 15) is 0 Å². The van der Waals surface area contributed by atoms with Crippen LogP contribution in [0.5, 0.6) is 0 Å². The van der Waals surface area contributed by atoms with Gasteiger partial charge in [0.2, 0.25) is 0 Å². The molecule has 118 valence electrons. The molecule has 22 heavy (non-hydrogen) atoms. The first-order valence-electron chi connectivity index (χ1n) is 8.46. The maximum Gasteiger partial charge on any atom is 0.193 e. The first kappa shape index (κ1) is 14.9. The second-order valence-electron chi connectivity index (χ2n) is 5.89. The summed E-state index contributed by atoms with van der Waals surface area (Å²) in [6.07, 6.45) is 6.89. The largest absolute Gasteiger partial charge is 0.361 e. The number of hydrogen-bond donors (Lipinski definition) is 2. The van der Waals surface area contributed by atoms with Crippen LogP contribution in [0.2, 0.25) is 0 Å². The maximum atomic E-state index is 4.80. The molecule has 0 spiro atoms. The van der Waals surface area contributed by atoms with Crippen molar-refractivity contribution >= 4 is 16.9 Å². The predicted molar refractivity (Wildman–Crippen MR) is 93.4 cm³/mol. The van der Waals surface area contributed by atoms with E-state index in [2.05, 4.69) is 52.6 Å². The van der Waals surface area contributed by atoms with E-state index < -0.39 is 0 Å². The number of aliphatic imine (C=N–C) groups is 1. The molecule has 1 fully saturated rings. The lowest BCUT2D eigenvalue weighted by Crippen LogP contribution is -2.39. The summed E-state index contributed by atoms with van der Waals surface area (Å²) < 4.78 is 0. The molecule has 1 aliphatic heterocycles. The SMILES string of the molecule is CCNC(=NCCCc1c[nH]c2ccccc12)N1CCCC1. The molecule has 0 aliphatic carbocycles. The van der Waals surface area contributed by atoms with Crippen molar-refractivity contribution in [2.24, 2.45) is 4.99 Å². The number of nitrogens with one attached hydrogen (secondary N) is 2. The van der Waals surface area contributed by atoms with E-state index in [1.165, 1.54) is 29.3 Å². The molecule has 1 aliphatic rings. The fourth-order valence-electron chi connectivity index (χ4n) is 3.15. The smallest absolute Gasteiger partial charge is 0.193 e. The number of benzene rings is 1. The highest BCUT2D eigenvalue weighted by Gasteiger charge is 2.15. The predicted octanol–water partition coefficient (Wildman–Crippen LogP) is 3.16. The third kappa shape index (κ3) is 3.43. The molecule has 0 unspecified atom stereocenters. The van der Waals surface area contributed by atoms with Gasteiger partial charge in [-0.3, -0.25) is 4.99 Å².